The third kappa shape index (κ3) is 3.77. The molecule has 5 nitrogen and oxygen atoms in total. The van der Waals surface area contributed by atoms with Crippen molar-refractivity contribution in [1.29, 1.82) is 0 Å². The average Bonchev–Trinajstić information content (AvgIpc) is 2.38. The second-order valence-corrected chi connectivity index (χ2v) is 5.22. The molecule has 2 N–H and O–H groups in total. The highest BCUT2D eigenvalue weighted by Crippen LogP contribution is 2.19. The summed E-state index contributed by atoms with van der Waals surface area (Å²) in [5, 5.41) is 13.7. The van der Waals surface area contributed by atoms with E-state index < -0.39 is 0 Å². The summed E-state index contributed by atoms with van der Waals surface area (Å²) < 4.78 is 0.918. The zero-order valence-corrected chi connectivity index (χ0v) is 12.9. The lowest BCUT2D eigenvalue weighted by molar-refractivity contribution is 0.102. The van der Waals surface area contributed by atoms with Gasteiger partial charge in [-0.15, -0.1) is 10.2 Å². The quantitative estimate of drug-likeness (QED) is 0.900. The Labute approximate surface area is 125 Å². The van der Waals surface area contributed by atoms with Crippen LogP contribution in [0.15, 0.2) is 34.8 Å². The zero-order valence-electron chi connectivity index (χ0n) is 11.3. The Hall–Kier alpha value is -1.95. The second-order valence-electron chi connectivity index (χ2n) is 4.31. The van der Waals surface area contributed by atoms with Gasteiger partial charge in [0.25, 0.3) is 5.91 Å². The van der Waals surface area contributed by atoms with Crippen molar-refractivity contribution in [3.8, 4) is 0 Å². The minimum atomic E-state index is -0.280. The number of benzene rings is 1. The fraction of sp³-hybridized carbons (Fsp3) is 0.214. The second kappa shape index (κ2) is 6.47. The van der Waals surface area contributed by atoms with E-state index in [-0.39, 0.29) is 11.6 Å². The number of nitrogens with zero attached hydrogens (tertiary/aromatic N) is 2. The van der Waals surface area contributed by atoms with Crippen LogP contribution in [0.25, 0.3) is 0 Å². The van der Waals surface area contributed by atoms with Crippen LogP contribution in [-0.4, -0.2) is 22.6 Å². The number of carbonyl (C=O) groups is 1. The van der Waals surface area contributed by atoms with Crippen molar-refractivity contribution in [3.05, 3.63) is 46.1 Å². The number of hydrogen-bond acceptors (Lipinski definition) is 4. The molecule has 0 saturated heterocycles. The molecule has 0 fully saturated rings. The number of nitrogens with one attached hydrogen (secondary N) is 2. The molecule has 0 aliphatic carbocycles. The number of anilines is 2. The molecule has 0 saturated carbocycles. The van der Waals surface area contributed by atoms with E-state index in [4.69, 9.17) is 0 Å². The Morgan fingerprint density at radius 2 is 2.05 bits per heavy atom. The van der Waals surface area contributed by atoms with Gasteiger partial charge in [0, 0.05) is 16.7 Å². The van der Waals surface area contributed by atoms with E-state index in [0.29, 0.717) is 5.82 Å². The highest BCUT2D eigenvalue weighted by Gasteiger charge is 2.09. The van der Waals surface area contributed by atoms with Crippen molar-refractivity contribution in [2.24, 2.45) is 0 Å². The molecule has 1 heterocycles. The van der Waals surface area contributed by atoms with Crippen LogP contribution in [0.1, 0.15) is 23.0 Å². The Morgan fingerprint density at radius 1 is 1.25 bits per heavy atom. The van der Waals surface area contributed by atoms with Crippen molar-refractivity contribution in [2.45, 2.75) is 13.8 Å². The molecule has 0 unspecified atom stereocenters. The number of rotatable bonds is 4. The zero-order chi connectivity index (χ0) is 14.5. The summed E-state index contributed by atoms with van der Waals surface area (Å²) in [5.41, 5.74) is 2.06. The van der Waals surface area contributed by atoms with Crippen molar-refractivity contribution in [3.63, 3.8) is 0 Å². The average molecular weight is 335 g/mol. The van der Waals surface area contributed by atoms with Crippen LogP contribution in [0.3, 0.4) is 0 Å². The molecule has 2 rings (SSSR count). The number of hydrogen-bond donors (Lipinski definition) is 2. The first kappa shape index (κ1) is 14.5. The molecule has 0 radical (unpaired) electrons. The molecular formula is C14H15BrN4O. The summed E-state index contributed by atoms with van der Waals surface area (Å²) in [4.78, 5) is 12.1. The van der Waals surface area contributed by atoms with Crippen LogP contribution in [0.2, 0.25) is 0 Å². The third-order valence-electron chi connectivity index (χ3n) is 2.56. The van der Waals surface area contributed by atoms with Crippen molar-refractivity contribution >= 4 is 33.3 Å². The molecule has 20 heavy (non-hydrogen) atoms. The highest BCUT2D eigenvalue weighted by atomic mass is 79.9. The molecule has 0 spiro atoms. The van der Waals surface area contributed by atoms with Crippen LogP contribution in [0.4, 0.5) is 11.5 Å². The molecule has 2 aromatic rings. The molecule has 1 aromatic carbocycles. The molecule has 6 heteroatoms. The van der Waals surface area contributed by atoms with Gasteiger partial charge in [0.1, 0.15) is 5.82 Å². The maximum Gasteiger partial charge on any atom is 0.276 e. The normalized spacial score (nSPS) is 10.2. The summed E-state index contributed by atoms with van der Waals surface area (Å²) in [6, 6.07) is 9.08. The van der Waals surface area contributed by atoms with Gasteiger partial charge < -0.3 is 10.6 Å². The SMILES string of the molecule is CCNc1ccc(C(=O)Nc2cc(C)cc(Br)c2)nn1. The van der Waals surface area contributed by atoms with E-state index in [2.05, 4.69) is 36.8 Å². The standard InChI is InChI=1S/C14H15BrN4O/c1-3-16-13-5-4-12(18-19-13)14(20)17-11-7-9(2)6-10(15)8-11/h4-8H,3H2,1-2H3,(H,16,19)(H,17,20). The molecule has 0 aliphatic heterocycles. The summed E-state index contributed by atoms with van der Waals surface area (Å²) >= 11 is 3.40. The highest BCUT2D eigenvalue weighted by molar-refractivity contribution is 9.10. The van der Waals surface area contributed by atoms with Gasteiger partial charge in [0.05, 0.1) is 0 Å². The van der Waals surface area contributed by atoms with Gasteiger partial charge in [-0.05, 0) is 49.7 Å². The van der Waals surface area contributed by atoms with Crippen molar-refractivity contribution < 1.29 is 4.79 Å². The van der Waals surface area contributed by atoms with Crippen molar-refractivity contribution in [1.82, 2.24) is 10.2 Å². The Bertz CT molecular complexity index is 593. The number of halogens is 1. The number of amides is 1. The molecule has 104 valence electrons. The molecule has 1 aromatic heterocycles. The lowest BCUT2D eigenvalue weighted by Gasteiger charge is -2.07. The van der Waals surface area contributed by atoms with Crippen LogP contribution < -0.4 is 10.6 Å². The summed E-state index contributed by atoms with van der Waals surface area (Å²) in [6.45, 7) is 4.70. The number of carbonyl (C=O) groups excluding carboxylic acids is 1. The van der Waals surface area contributed by atoms with Gasteiger partial charge >= 0.3 is 0 Å². The molecular weight excluding hydrogens is 320 g/mol. The first-order valence-corrected chi connectivity index (χ1v) is 7.04. The molecule has 0 aliphatic rings. The maximum atomic E-state index is 12.1. The fourth-order valence-electron chi connectivity index (χ4n) is 1.73. The van der Waals surface area contributed by atoms with E-state index in [1.807, 2.05) is 32.0 Å². The lowest BCUT2D eigenvalue weighted by Crippen LogP contribution is -2.15. The Kier molecular flexibility index (Phi) is 4.68. The van der Waals surface area contributed by atoms with Crippen LogP contribution in [0.5, 0.6) is 0 Å². The number of aromatic nitrogens is 2. The monoisotopic (exact) mass is 334 g/mol. The van der Waals surface area contributed by atoms with Gasteiger partial charge in [-0.2, -0.15) is 0 Å². The van der Waals surface area contributed by atoms with Gasteiger partial charge in [-0.1, -0.05) is 15.9 Å². The Morgan fingerprint density at radius 3 is 2.65 bits per heavy atom. The lowest BCUT2D eigenvalue weighted by atomic mass is 10.2. The predicted molar refractivity (Wildman–Crippen MR) is 83.0 cm³/mol. The largest absolute Gasteiger partial charge is 0.369 e. The first-order chi connectivity index (χ1) is 9.58. The van der Waals surface area contributed by atoms with E-state index in [1.165, 1.54) is 0 Å². The minimum Gasteiger partial charge on any atom is -0.369 e. The van der Waals surface area contributed by atoms with E-state index >= 15 is 0 Å². The van der Waals surface area contributed by atoms with Gasteiger partial charge in [-0.3, -0.25) is 4.79 Å². The van der Waals surface area contributed by atoms with Crippen LogP contribution in [0, 0.1) is 6.92 Å². The van der Waals surface area contributed by atoms with Gasteiger partial charge in [-0.25, -0.2) is 0 Å². The summed E-state index contributed by atoms with van der Waals surface area (Å²) in [6.07, 6.45) is 0. The van der Waals surface area contributed by atoms with Crippen LogP contribution >= 0.6 is 15.9 Å². The first-order valence-electron chi connectivity index (χ1n) is 6.24. The maximum absolute atomic E-state index is 12.1. The van der Waals surface area contributed by atoms with E-state index in [9.17, 15) is 4.79 Å². The van der Waals surface area contributed by atoms with Gasteiger partial charge in [0.2, 0.25) is 0 Å². The molecule has 0 atom stereocenters. The van der Waals surface area contributed by atoms with E-state index in [1.54, 1.807) is 12.1 Å². The van der Waals surface area contributed by atoms with E-state index in [0.717, 1.165) is 22.3 Å². The number of aryl methyl sites for hydroxylation is 1. The third-order valence-corrected chi connectivity index (χ3v) is 3.01. The summed E-state index contributed by atoms with van der Waals surface area (Å²) in [5.74, 6) is 0.375. The smallest absolute Gasteiger partial charge is 0.276 e. The fourth-order valence-corrected chi connectivity index (χ4v) is 2.34. The topological polar surface area (TPSA) is 66.9 Å². The minimum absolute atomic E-state index is 0.280. The molecule has 1 amide bonds. The Balaban J connectivity index is 2.11. The summed E-state index contributed by atoms with van der Waals surface area (Å²) in [7, 11) is 0. The van der Waals surface area contributed by atoms with Crippen molar-refractivity contribution in [2.75, 3.05) is 17.2 Å². The predicted octanol–water partition coefficient (Wildman–Crippen LogP) is 3.23. The van der Waals surface area contributed by atoms with Gasteiger partial charge in [0.15, 0.2) is 5.69 Å². The molecule has 0 bridgehead atoms. The van der Waals surface area contributed by atoms with Crippen LogP contribution in [-0.2, 0) is 0 Å².